The molecule has 1 aliphatic heterocycles. The average Bonchev–Trinajstić information content (AvgIpc) is 3.24. The number of hydrogen-bond donors (Lipinski definition) is 0. The zero-order valence-corrected chi connectivity index (χ0v) is 20.1. The van der Waals surface area contributed by atoms with Crippen molar-refractivity contribution in [3.05, 3.63) is 57.3 Å². The summed E-state index contributed by atoms with van der Waals surface area (Å²) in [6, 6.07) is 12.6. The highest BCUT2D eigenvalue weighted by Gasteiger charge is 2.31. The molecular weight excluding hydrogens is 510 g/mol. The molecule has 1 aliphatic rings. The minimum absolute atomic E-state index is 0.173. The number of ether oxygens (including phenoxy) is 1. The fraction of sp³-hybridized carbons (Fsp3) is 0.250. The maximum absolute atomic E-state index is 13.2. The molecule has 158 valence electrons. The van der Waals surface area contributed by atoms with Crippen molar-refractivity contribution in [2.24, 2.45) is 0 Å². The molecule has 0 N–H and O–H groups in total. The second-order valence-corrected chi connectivity index (χ2v) is 10.8. The van der Waals surface area contributed by atoms with E-state index in [0.29, 0.717) is 41.4 Å². The molecule has 4 rings (SSSR count). The molecule has 0 saturated carbocycles. The Morgan fingerprint density at radius 2 is 1.80 bits per heavy atom. The highest BCUT2D eigenvalue weighted by atomic mass is 79.9. The molecule has 0 spiro atoms. The lowest BCUT2D eigenvalue weighted by atomic mass is 10.2. The second-order valence-electron chi connectivity index (χ2n) is 6.71. The van der Waals surface area contributed by atoms with E-state index in [9.17, 15) is 8.42 Å². The lowest BCUT2D eigenvalue weighted by molar-refractivity contribution is 0.374. The van der Waals surface area contributed by atoms with Crippen LogP contribution in [0.25, 0.3) is 11.3 Å². The molecule has 1 aromatic heterocycles. The van der Waals surface area contributed by atoms with Gasteiger partial charge in [0.15, 0.2) is 5.13 Å². The Morgan fingerprint density at radius 3 is 2.47 bits per heavy atom. The minimum atomic E-state index is -3.65. The normalized spacial score (nSPS) is 15.4. The van der Waals surface area contributed by atoms with Crippen LogP contribution in [-0.4, -0.2) is 51.0 Å². The number of anilines is 1. The van der Waals surface area contributed by atoms with Crippen molar-refractivity contribution in [1.82, 2.24) is 9.29 Å². The molecule has 0 aliphatic carbocycles. The molecule has 0 amide bonds. The molecule has 3 aromatic rings. The number of piperazine rings is 1. The number of halogens is 2. The van der Waals surface area contributed by atoms with Gasteiger partial charge in [-0.15, -0.1) is 11.3 Å². The zero-order valence-electron chi connectivity index (χ0n) is 16.1. The molecule has 2 heterocycles. The van der Waals surface area contributed by atoms with Crippen LogP contribution in [0.1, 0.15) is 0 Å². The van der Waals surface area contributed by atoms with Gasteiger partial charge in [-0.3, -0.25) is 0 Å². The van der Waals surface area contributed by atoms with Crippen molar-refractivity contribution < 1.29 is 13.2 Å². The van der Waals surface area contributed by atoms with Gasteiger partial charge in [0.1, 0.15) is 10.6 Å². The van der Waals surface area contributed by atoms with Crippen LogP contribution in [0, 0.1) is 0 Å². The van der Waals surface area contributed by atoms with Crippen LogP contribution in [-0.2, 0) is 10.0 Å². The predicted molar refractivity (Wildman–Crippen MR) is 124 cm³/mol. The smallest absolute Gasteiger partial charge is 0.246 e. The van der Waals surface area contributed by atoms with Crippen molar-refractivity contribution >= 4 is 54.0 Å². The first-order chi connectivity index (χ1) is 14.4. The molecule has 0 atom stereocenters. The maximum Gasteiger partial charge on any atom is 0.246 e. The first-order valence-corrected chi connectivity index (χ1v) is 12.7. The van der Waals surface area contributed by atoms with Gasteiger partial charge >= 0.3 is 0 Å². The number of rotatable bonds is 5. The molecule has 30 heavy (non-hydrogen) atoms. The van der Waals surface area contributed by atoms with Crippen LogP contribution in [0.2, 0.25) is 5.02 Å². The van der Waals surface area contributed by atoms with Crippen LogP contribution >= 0.6 is 38.9 Å². The molecular formula is C20H19BrClN3O3S2. The van der Waals surface area contributed by atoms with E-state index in [0.717, 1.165) is 16.4 Å². The van der Waals surface area contributed by atoms with Crippen molar-refractivity contribution in [2.45, 2.75) is 4.90 Å². The average molecular weight is 529 g/mol. The number of hydrogen-bond acceptors (Lipinski definition) is 6. The third-order valence-corrected chi connectivity index (χ3v) is 8.45. The minimum Gasteiger partial charge on any atom is -0.495 e. The SMILES string of the molecule is COc1ccc(Br)cc1S(=O)(=O)N1CCN(c2nc(-c3ccc(Cl)cc3)cs2)CC1. The summed E-state index contributed by atoms with van der Waals surface area (Å²) in [5, 5.41) is 3.58. The fourth-order valence-electron chi connectivity index (χ4n) is 3.27. The molecule has 0 bridgehead atoms. The van der Waals surface area contributed by atoms with Gasteiger partial charge in [0.25, 0.3) is 0 Å². The largest absolute Gasteiger partial charge is 0.495 e. The Kier molecular flexibility index (Phi) is 6.36. The molecule has 10 heteroatoms. The number of sulfonamides is 1. The van der Waals surface area contributed by atoms with Gasteiger partial charge in [0.2, 0.25) is 10.0 Å². The third kappa shape index (κ3) is 4.36. The quantitative estimate of drug-likeness (QED) is 0.478. The van der Waals surface area contributed by atoms with Crippen LogP contribution in [0.3, 0.4) is 0 Å². The zero-order chi connectivity index (χ0) is 21.3. The highest BCUT2D eigenvalue weighted by molar-refractivity contribution is 9.10. The van der Waals surface area contributed by atoms with Crippen molar-refractivity contribution in [2.75, 3.05) is 38.2 Å². The summed E-state index contributed by atoms with van der Waals surface area (Å²) in [5.74, 6) is 0.341. The third-order valence-electron chi connectivity index (χ3n) is 4.88. The summed E-state index contributed by atoms with van der Waals surface area (Å²) < 4.78 is 33.8. The van der Waals surface area contributed by atoms with Gasteiger partial charge in [-0.25, -0.2) is 13.4 Å². The standard InChI is InChI=1S/C20H19BrClN3O3S2/c1-28-18-7-4-15(21)12-19(18)30(26,27)25-10-8-24(9-11-25)20-23-17(13-29-20)14-2-5-16(22)6-3-14/h2-7,12-13H,8-11H2,1H3. The topological polar surface area (TPSA) is 62.7 Å². The van der Waals surface area contributed by atoms with Crippen LogP contribution in [0.5, 0.6) is 5.75 Å². The van der Waals surface area contributed by atoms with Crippen LogP contribution < -0.4 is 9.64 Å². The summed E-state index contributed by atoms with van der Waals surface area (Å²) in [6.07, 6.45) is 0. The summed E-state index contributed by atoms with van der Waals surface area (Å²) in [6.45, 7) is 1.91. The molecule has 1 saturated heterocycles. The van der Waals surface area contributed by atoms with Gasteiger partial charge < -0.3 is 9.64 Å². The van der Waals surface area contributed by atoms with Gasteiger partial charge in [0.05, 0.1) is 12.8 Å². The lowest BCUT2D eigenvalue weighted by Gasteiger charge is -2.34. The number of methoxy groups -OCH3 is 1. The fourth-order valence-corrected chi connectivity index (χ4v) is 6.40. The summed E-state index contributed by atoms with van der Waals surface area (Å²) in [5.41, 5.74) is 1.89. The van der Waals surface area contributed by atoms with Crippen molar-refractivity contribution in [3.8, 4) is 17.0 Å². The van der Waals surface area contributed by atoms with E-state index < -0.39 is 10.0 Å². The number of benzene rings is 2. The van der Waals surface area contributed by atoms with Gasteiger partial charge in [-0.2, -0.15) is 4.31 Å². The van der Waals surface area contributed by atoms with E-state index in [-0.39, 0.29) is 4.90 Å². The monoisotopic (exact) mass is 527 g/mol. The molecule has 0 radical (unpaired) electrons. The Bertz CT molecular complexity index is 1140. The first kappa shape index (κ1) is 21.6. The Morgan fingerprint density at radius 1 is 1.10 bits per heavy atom. The molecule has 1 fully saturated rings. The summed E-state index contributed by atoms with van der Waals surface area (Å²) in [7, 11) is -2.18. The van der Waals surface area contributed by atoms with E-state index in [4.69, 9.17) is 21.3 Å². The van der Waals surface area contributed by atoms with Gasteiger partial charge in [0, 0.05) is 46.6 Å². The van der Waals surface area contributed by atoms with Crippen molar-refractivity contribution in [3.63, 3.8) is 0 Å². The van der Waals surface area contributed by atoms with E-state index >= 15 is 0 Å². The van der Waals surface area contributed by atoms with Gasteiger partial charge in [-0.05, 0) is 30.3 Å². The summed E-state index contributed by atoms with van der Waals surface area (Å²) in [4.78, 5) is 7.02. The molecule has 2 aromatic carbocycles. The van der Waals surface area contributed by atoms with Crippen LogP contribution in [0.15, 0.2) is 57.2 Å². The molecule has 6 nitrogen and oxygen atoms in total. The Balaban J connectivity index is 1.48. The van der Waals surface area contributed by atoms with Crippen LogP contribution in [0.4, 0.5) is 5.13 Å². The lowest BCUT2D eigenvalue weighted by Crippen LogP contribution is -2.48. The molecule has 0 unspecified atom stereocenters. The first-order valence-electron chi connectivity index (χ1n) is 9.18. The number of aromatic nitrogens is 1. The Labute approximate surface area is 193 Å². The number of thiazole rings is 1. The summed E-state index contributed by atoms with van der Waals surface area (Å²) >= 11 is 10.9. The van der Waals surface area contributed by atoms with E-state index in [1.807, 2.05) is 29.6 Å². The number of nitrogens with zero attached hydrogens (tertiary/aromatic N) is 3. The van der Waals surface area contributed by atoms with Crippen molar-refractivity contribution in [1.29, 1.82) is 0 Å². The second kappa shape index (κ2) is 8.84. The predicted octanol–water partition coefficient (Wildman–Crippen LogP) is 4.75. The van der Waals surface area contributed by atoms with E-state index in [2.05, 4.69) is 20.8 Å². The maximum atomic E-state index is 13.2. The Hall–Kier alpha value is -1.65. The van der Waals surface area contributed by atoms with Gasteiger partial charge in [-0.1, -0.05) is 39.7 Å². The highest BCUT2D eigenvalue weighted by Crippen LogP contribution is 2.32. The van der Waals surface area contributed by atoms with E-state index in [1.54, 1.807) is 29.5 Å². The van der Waals surface area contributed by atoms with E-state index in [1.165, 1.54) is 11.4 Å².